The van der Waals surface area contributed by atoms with Crippen LogP contribution in [-0.2, 0) is 19.9 Å². The summed E-state index contributed by atoms with van der Waals surface area (Å²) in [5, 5.41) is 2.96. The van der Waals surface area contributed by atoms with Crippen molar-refractivity contribution in [3.63, 3.8) is 0 Å². The summed E-state index contributed by atoms with van der Waals surface area (Å²) in [6.45, 7) is 0. The van der Waals surface area contributed by atoms with Gasteiger partial charge in [0.05, 0.1) is 25.3 Å². The Kier molecular flexibility index (Phi) is 5.89. The molecule has 0 unspecified atom stereocenters. The fourth-order valence-electron chi connectivity index (χ4n) is 3.62. The van der Waals surface area contributed by atoms with Crippen LogP contribution in [0.3, 0.4) is 0 Å². The molecule has 1 N–H and O–H groups in total. The van der Waals surface area contributed by atoms with Gasteiger partial charge in [0.1, 0.15) is 17.3 Å². The Hall–Kier alpha value is -3.80. The molecule has 6 nitrogen and oxygen atoms in total. The summed E-state index contributed by atoms with van der Waals surface area (Å²) < 4.78 is 12.6. The van der Waals surface area contributed by atoms with Crippen molar-refractivity contribution in [2.75, 3.05) is 19.5 Å². The Morgan fingerprint density at radius 1 is 0.935 bits per heavy atom. The van der Waals surface area contributed by atoms with Gasteiger partial charge in [-0.15, -0.1) is 0 Å². The molecule has 1 aromatic heterocycles. The number of amides is 1. The molecule has 0 spiro atoms. The van der Waals surface area contributed by atoms with Crippen LogP contribution in [0.1, 0.15) is 21.7 Å². The first kappa shape index (κ1) is 20.5. The number of para-hydroxylation sites is 2. The van der Waals surface area contributed by atoms with Gasteiger partial charge in [0.15, 0.2) is 0 Å². The first-order valence-electron chi connectivity index (χ1n) is 10.1. The Morgan fingerprint density at radius 3 is 2.39 bits per heavy atom. The molecule has 0 aliphatic rings. The van der Waals surface area contributed by atoms with E-state index in [0.29, 0.717) is 17.1 Å². The number of anilines is 1. The number of methoxy groups -OCH3 is 2. The summed E-state index contributed by atoms with van der Waals surface area (Å²) in [7, 11) is 5.17. The Labute approximate surface area is 181 Å². The molecule has 0 bridgehead atoms. The highest BCUT2D eigenvalue weighted by Crippen LogP contribution is 2.24. The van der Waals surface area contributed by atoms with Gasteiger partial charge < -0.3 is 19.4 Å². The summed E-state index contributed by atoms with van der Waals surface area (Å²) in [5.74, 6) is 1.96. The van der Waals surface area contributed by atoms with E-state index in [1.807, 2.05) is 43.4 Å². The Bertz CT molecular complexity index is 1210. The van der Waals surface area contributed by atoms with E-state index in [9.17, 15) is 4.79 Å². The van der Waals surface area contributed by atoms with E-state index in [-0.39, 0.29) is 5.91 Å². The number of carbonyl (C=O) groups is 1. The molecule has 1 amide bonds. The van der Waals surface area contributed by atoms with Crippen LogP contribution in [0.25, 0.3) is 11.0 Å². The number of nitrogens with one attached hydrogen (secondary N) is 1. The van der Waals surface area contributed by atoms with Gasteiger partial charge in [-0.05, 0) is 48.4 Å². The van der Waals surface area contributed by atoms with Crippen molar-refractivity contribution < 1.29 is 14.3 Å². The minimum atomic E-state index is -0.218. The number of imidazole rings is 1. The van der Waals surface area contributed by atoms with E-state index in [2.05, 4.69) is 22.0 Å². The van der Waals surface area contributed by atoms with E-state index in [1.54, 1.807) is 32.4 Å². The van der Waals surface area contributed by atoms with E-state index in [4.69, 9.17) is 14.5 Å². The summed E-state index contributed by atoms with van der Waals surface area (Å²) in [4.78, 5) is 17.5. The molecule has 0 atom stereocenters. The molecular weight excluding hydrogens is 390 g/mol. The van der Waals surface area contributed by atoms with Gasteiger partial charge in [0.25, 0.3) is 5.91 Å². The van der Waals surface area contributed by atoms with Gasteiger partial charge in [0.2, 0.25) is 0 Å². The zero-order valence-electron chi connectivity index (χ0n) is 17.9. The highest BCUT2D eigenvalue weighted by molar-refractivity contribution is 6.04. The van der Waals surface area contributed by atoms with E-state index >= 15 is 0 Å². The Balaban J connectivity index is 1.47. The number of ether oxygens (including phenoxy) is 2. The summed E-state index contributed by atoms with van der Waals surface area (Å²) in [5.41, 5.74) is 4.49. The second-order valence-corrected chi connectivity index (χ2v) is 7.33. The lowest BCUT2D eigenvalue weighted by Gasteiger charge is -2.10. The molecule has 4 aromatic rings. The number of fused-ring (bicyclic) bond motifs is 1. The predicted octanol–water partition coefficient (Wildman–Crippen LogP) is 4.63. The molecular formula is C25H25N3O3. The van der Waals surface area contributed by atoms with Gasteiger partial charge in [-0.25, -0.2) is 4.98 Å². The summed E-state index contributed by atoms with van der Waals surface area (Å²) >= 11 is 0. The first-order valence-corrected chi connectivity index (χ1v) is 10.1. The van der Waals surface area contributed by atoms with Gasteiger partial charge in [0, 0.05) is 30.8 Å². The van der Waals surface area contributed by atoms with Crippen molar-refractivity contribution in [1.82, 2.24) is 9.55 Å². The smallest absolute Gasteiger partial charge is 0.255 e. The van der Waals surface area contributed by atoms with Crippen LogP contribution in [0, 0.1) is 0 Å². The van der Waals surface area contributed by atoms with Crippen LogP contribution < -0.4 is 14.8 Å². The van der Waals surface area contributed by atoms with Crippen molar-refractivity contribution in [2.24, 2.45) is 7.05 Å². The topological polar surface area (TPSA) is 65.4 Å². The van der Waals surface area contributed by atoms with Crippen molar-refractivity contribution >= 4 is 22.6 Å². The van der Waals surface area contributed by atoms with E-state index in [1.165, 1.54) is 0 Å². The lowest BCUT2D eigenvalue weighted by Crippen LogP contribution is -2.12. The van der Waals surface area contributed by atoms with Gasteiger partial charge in [-0.1, -0.05) is 24.3 Å². The average Bonchev–Trinajstić information content (AvgIpc) is 3.13. The van der Waals surface area contributed by atoms with Crippen LogP contribution in [-0.4, -0.2) is 29.7 Å². The highest BCUT2D eigenvalue weighted by Gasteiger charge is 2.11. The first-order chi connectivity index (χ1) is 15.1. The quantitative estimate of drug-likeness (QED) is 0.478. The standard InChI is InChI=1S/C25H25N3O3/c1-28-23-10-5-4-9-22(23)27-24(28)12-11-17-7-6-8-19(13-17)26-25(29)18-14-20(30-2)16-21(15-18)31-3/h4-10,13-16H,11-12H2,1-3H3,(H,26,29). The highest BCUT2D eigenvalue weighted by atomic mass is 16.5. The van der Waals surface area contributed by atoms with Gasteiger partial charge in [-0.3, -0.25) is 4.79 Å². The average molecular weight is 415 g/mol. The normalized spacial score (nSPS) is 10.8. The van der Waals surface area contributed by atoms with Crippen LogP contribution in [0.2, 0.25) is 0 Å². The third-order valence-corrected chi connectivity index (χ3v) is 5.32. The van der Waals surface area contributed by atoms with Crippen molar-refractivity contribution in [3.05, 3.63) is 83.7 Å². The molecule has 3 aromatic carbocycles. The van der Waals surface area contributed by atoms with Crippen molar-refractivity contribution in [2.45, 2.75) is 12.8 Å². The number of carbonyl (C=O) groups excluding carboxylic acids is 1. The lowest BCUT2D eigenvalue weighted by atomic mass is 10.1. The fourth-order valence-corrected chi connectivity index (χ4v) is 3.62. The zero-order valence-corrected chi connectivity index (χ0v) is 17.9. The molecule has 0 aliphatic heterocycles. The van der Waals surface area contributed by atoms with Crippen LogP contribution in [0.5, 0.6) is 11.5 Å². The summed E-state index contributed by atoms with van der Waals surface area (Å²) in [6, 6.07) is 21.1. The van der Waals surface area contributed by atoms with Gasteiger partial charge in [-0.2, -0.15) is 0 Å². The van der Waals surface area contributed by atoms with Crippen LogP contribution >= 0.6 is 0 Å². The maximum atomic E-state index is 12.7. The van der Waals surface area contributed by atoms with E-state index in [0.717, 1.165) is 41.0 Å². The summed E-state index contributed by atoms with van der Waals surface area (Å²) in [6.07, 6.45) is 1.64. The number of aryl methyl sites for hydroxylation is 3. The SMILES string of the molecule is COc1cc(OC)cc(C(=O)Nc2cccc(CCc3nc4ccccc4n3C)c2)c1. The third kappa shape index (κ3) is 4.53. The minimum Gasteiger partial charge on any atom is -0.497 e. The minimum absolute atomic E-state index is 0.218. The molecule has 31 heavy (non-hydrogen) atoms. The number of rotatable bonds is 7. The fraction of sp³-hybridized carbons (Fsp3) is 0.200. The molecule has 0 aliphatic carbocycles. The number of hydrogen-bond donors (Lipinski definition) is 1. The number of nitrogens with zero attached hydrogens (tertiary/aromatic N) is 2. The largest absolute Gasteiger partial charge is 0.497 e. The van der Waals surface area contributed by atoms with Crippen LogP contribution in [0.4, 0.5) is 5.69 Å². The zero-order chi connectivity index (χ0) is 21.8. The maximum Gasteiger partial charge on any atom is 0.255 e. The molecule has 0 fully saturated rings. The number of aromatic nitrogens is 2. The van der Waals surface area contributed by atoms with Crippen molar-refractivity contribution in [3.8, 4) is 11.5 Å². The second kappa shape index (κ2) is 8.92. The van der Waals surface area contributed by atoms with Gasteiger partial charge >= 0.3 is 0 Å². The maximum absolute atomic E-state index is 12.7. The number of hydrogen-bond acceptors (Lipinski definition) is 4. The third-order valence-electron chi connectivity index (χ3n) is 5.32. The molecule has 4 rings (SSSR count). The molecule has 1 heterocycles. The Morgan fingerprint density at radius 2 is 1.68 bits per heavy atom. The molecule has 6 heteroatoms. The van der Waals surface area contributed by atoms with Crippen LogP contribution in [0.15, 0.2) is 66.7 Å². The molecule has 0 saturated heterocycles. The van der Waals surface area contributed by atoms with Crippen molar-refractivity contribution in [1.29, 1.82) is 0 Å². The molecule has 0 saturated carbocycles. The lowest BCUT2D eigenvalue weighted by molar-refractivity contribution is 0.102. The monoisotopic (exact) mass is 415 g/mol. The van der Waals surface area contributed by atoms with E-state index < -0.39 is 0 Å². The second-order valence-electron chi connectivity index (χ2n) is 7.33. The molecule has 158 valence electrons. The number of benzene rings is 3. The molecule has 0 radical (unpaired) electrons. The predicted molar refractivity (Wildman–Crippen MR) is 122 cm³/mol.